The number of rotatable bonds is 4. The van der Waals surface area contributed by atoms with Crippen molar-refractivity contribution in [1.29, 1.82) is 0 Å². The Hall–Kier alpha value is -2.53. The first kappa shape index (κ1) is 18.8. The highest BCUT2D eigenvalue weighted by atomic mass is 16.5. The van der Waals surface area contributed by atoms with Crippen LogP contribution in [-0.4, -0.2) is 42.7 Å². The molecule has 0 saturated carbocycles. The van der Waals surface area contributed by atoms with Gasteiger partial charge in [-0.2, -0.15) is 0 Å². The second-order valence-corrected chi connectivity index (χ2v) is 7.91. The fourth-order valence-electron chi connectivity index (χ4n) is 4.58. The van der Waals surface area contributed by atoms with Crippen molar-refractivity contribution in [3.8, 4) is 11.5 Å². The van der Waals surface area contributed by atoms with Gasteiger partial charge in [0.15, 0.2) is 0 Å². The zero-order chi connectivity index (χ0) is 19.5. The van der Waals surface area contributed by atoms with Crippen molar-refractivity contribution in [3.63, 3.8) is 0 Å². The first-order chi connectivity index (χ1) is 13.6. The van der Waals surface area contributed by atoms with E-state index in [1.807, 2.05) is 47.4 Å². The first-order valence-corrected chi connectivity index (χ1v) is 10.1. The number of likely N-dealkylation sites (tertiary alicyclic amines) is 1. The van der Waals surface area contributed by atoms with Gasteiger partial charge in [0.1, 0.15) is 11.5 Å². The molecular weight excluding hydrogens is 352 g/mol. The normalized spacial score (nSPS) is 23.2. The van der Waals surface area contributed by atoms with Crippen LogP contribution < -0.4 is 9.64 Å². The van der Waals surface area contributed by atoms with E-state index < -0.39 is 0 Å². The van der Waals surface area contributed by atoms with E-state index >= 15 is 0 Å². The summed E-state index contributed by atoms with van der Waals surface area (Å²) in [5.74, 6) is 2.18. The number of benzene rings is 2. The highest BCUT2D eigenvalue weighted by Gasteiger charge is 2.35. The van der Waals surface area contributed by atoms with Crippen molar-refractivity contribution in [2.45, 2.75) is 25.8 Å². The number of amides is 1. The lowest BCUT2D eigenvalue weighted by Crippen LogP contribution is -2.40. The van der Waals surface area contributed by atoms with Gasteiger partial charge in [0.25, 0.3) is 0 Å². The number of carbonyl (C=O) groups is 1. The Bertz CT molecular complexity index is 824. The molecule has 1 amide bonds. The monoisotopic (exact) mass is 380 g/mol. The predicted octanol–water partition coefficient (Wildman–Crippen LogP) is 3.67. The minimum Gasteiger partial charge on any atom is -0.507 e. The van der Waals surface area contributed by atoms with Crippen molar-refractivity contribution in [3.05, 3.63) is 54.1 Å². The number of hydrogen-bond donors (Lipinski definition) is 1. The van der Waals surface area contributed by atoms with Crippen LogP contribution in [0.3, 0.4) is 0 Å². The van der Waals surface area contributed by atoms with Crippen molar-refractivity contribution < 1.29 is 14.6 Å². The van der Waals surface area contributed by atoms with Crippen molar-refractivity contribution in [1.82, 2.24) is 4.90 Å². The molecule has 0 aromatic heterocycles. The summed E-state index contributed by atoms with van der Waals surface area (Å²) in [5.41, 5.74) is 1.93. The maximum Gasteiger partial charge on any atom is 0.227 e. The third kappa shape index (κ3) is 3.99. The zero-order valence-corrected chi connectivity index (χ0v) is 16.4. The number of ether oxygens (including phenoxy) is 1. The first-order valence-electron chi connectivity index (χ1n) is 10.1. The van der Waals surface area contributed by atoms with Gasteiger partial charge in [-0.3, -0.25) is 9.69 Å². The lowest BCUT2D eigenvalue weighted by Gasteiger charge is -2.37. The smallest absolute Gasteiger partial charge is 0.227 e. The summed E-state index contributed by atoms with van der Waals surface area (Å²) in [6, 6.07) is 15.5. The molecular formula is C23H28N2O3. The van der Waals surface area contributed by atoms with Crippen LogP contribution in [0.5, 0.6) is 11.5 Å². The molecule has 148 valence electrons. The van der Waals surface area contributed by atoms with E-state index in [2.05, 4.69) is 4.90 Å². The van der Waals surface area contributed by atoms with Gasteiger partial charge in [0.2, 0.25) is 5.91 Å². The standard InChI is InChI=1S/C23H28N2O3/c1-28-21-8-7-19(22(26)14-21)16-24-11-9-17-13-23(27)25(12-10-18(17)15-24)20-5-3-2-4-6-20/h2-8,14,17-18,26H,9-13,15-16H2,1H3. The van der Waals surface area contributed by atoms with E-state index in [4.69, 9.17) is 4.74 Å². The maximum atomic E-state index is 12.8. The Balaban J connectivity index is 1.42. The number of nitrogens with zero attached hydrogens (tertiary/aromatic N) is 2. The van der Waals surface area contributed by atoms with Crippen LogP contribution in [0.4, 0.5) is 5.69 Å². The summed E-state index contributed by atoms with van der Waals surface area (Å²) >= 11 is 0. The van der Waals surface area contributed by atoms with Gasteiger partial charge in [-0.05, 0) is 49.4 Å². The molecule has 0 aliphatic carbocycles. The van der Waals surface area contributed by atoms with Crippen LogP contribution in [0.1, 0.15) is 24.8 Å². The number of fused-ring (bicyclic) bond motifs is 1. The Morgan fingerprint density at radius 3 is 2.61 bits per heavy atom. The second-order valence-electron chi connectivity index (χ2n) is 7.91. The molecule has 2 fully saturated rings. The lowest BCUT2D eigenvalue weighted by atomic mass is 9.82. The van der Waals surface area contributed by atoms with Gasteiger partial charge >= 0.3 is 0 Å². The molecule has 0 bridgehead atoms. The number of phenolic OH excluding ortho intramolecular Hbond substituents is 1. The van der Waals surface area contributed by atoms with Crippen LogP contribution >= 0.6 is 0 Å². The summed E-state index contributed by atoms with van der Waals surface area (Å²) in [5, 5.41) is 10.3. The lowest BCUT2D eigenvalue weighted by molar-refractivity contribution is -0.119. The molecule has 2 aliphatic heterocycles. The number of hydrogen-bond acceptors (Lipinski definition) is 4. The van der Waals surface area contributed by atoms with Gasteiger partial charge in [0.05, 0.1) is 7.11 Å². The summed E-state index contributed by atoms with van der Waals surface area (Å²) in [6.07, 6.45) is 2.70. The minimum absolute atomic E-state index is 0.250. The summed E-state index contributed by atoms with van der Waals surface area (Å²) in [7, 11) is 1.60. The molecule has 2 aromatic rings. The summed E-state index contributed by atoms with van der Waals surface area (Å²) in [6.45, 7) is 3.46. The average Bonchev–Trinajstić information content (AvgIpc) is 2.88. The predicted molar refractivity (Wildman–Crippen MR) is 110 cm³/mol. The van der Waals surface area contributed by atoms with Gasteiger partial charge in [0, 0.05) is 43.4 Å². The molecule has 2 atom stereocenters. The van der Waals surface area contributed by atoms with Gasteiger partial charge in [-0.15, -0.1) is 0 Å². The third-order valence-electron chi connectivity index (χ3n) is 6.19. The third-order valence-corrected chi connectivity index (χ3v) is 6.19. The van der Waals surface area contributed by atoms with E-state index in [-0.39, 0.29) is 11.7 Å². The average molecular weight is 380 g/mol. The molecule has 2 heterocycles. The molecule has 0 radical (unpaired) electrons. The zero-order valence-electron chi connectivity index (χ0n) is 16.4. The Labute approximate surface area is 166 Å². The SMILES string of the molecule is COc1ccc(CN2CCC3CC(=O)N(c4ccccc4)CCC3C2)c(O)c1. The Morgan fingerprint density at radius 2 is 1.86 bits per heavy atom. The van der Waals surface area contributed by atoms with E-state index in [0.29, 0.717) is 24.0 Å². The van der Waals surface area contributed by atoms with Crippen LogP contribution in [0.2, 0.25) is 0 Å². The van der Waals surface area contributed by atoms with Crippen LogP contribution in [-0.2, 0) is 11.3 Å². The van der Waals surface area contributed by atoms with E-state index in [9.17, 15) is 9.90 Å². The number of carbonyl (C=O) groups excluding carboxylic acids is 1. The van der Waals surface area contributed by atoms with Gasteiger partial charge < -0.3 is 14.7 Å². The number of phenols is 1. The number of para-hydroxylation sites is 1. The van der Waals surface area contributed by atoms with Crippen molar-refractivity contribution in [2.75, 3.05) is 31.6 Å². The van der Waals surface area contributed by atoms with Crippen LogP contribution in [0, 0.1) is 11.8 Å². The number of aromatic hydroxyl groups is 1. The van der Waals surface area contributed by atoms with Crippen molar-refractivity contribution in [2.24, 2.45) is 11.8 Å². The molecule has 28 heavy (non-hydrogen) atoms. The number of methoxy groups -OCH3 is 1. The molecule has 1 N–H and O–H groups in total. The second kappa shape index (κ2) is 8.23. The van der Waals surface area contributed by atoms with E-state index in [1.54, 1.807) is 13.2 Å². The minimum atomic E-state index is 0.250. The molecule has 5 nitrogen and oxygen atoms in total. The quantitative estimate of drug-likeness (QED) is 0.879. The summed E-state index contributed by atoms with van der Waals surface area (Å²) < 4.78 is 5.17. The number of piperidine rings is 1. The van der Waals surface area contributed by atoms with Gasteiger partial charge in [-0.1, -0.05) is 24.3 Å². The highest BCUT2D eigenvalue weighted by molar-refractivity contribution is 5.93. The largest absolute Gasteiger partial charge is 0.507 e. The molecule has 0 spiro atoms. The summed E-state index contributed by atoms with van der Waals surface area (Å²) in [4.78, 5) is 17.2. The molecule has 2 aromatic carbocycles. The van der Waals surface area contributed by atoms with Crippen LogP contribution in [0.15, 0.2) is 48.5 Å². The molecule has 2 saturated heterocycles. The Kier molecular flexibility index (Phi) is 5.53. The number of anilines is 1. The fourth-order valence-corrected chi connectivity index (χ4v) is 4.58. The van der Waals surface area contributed by atoms with Crippen molar-refractivity contribution >= 4 is 11.6 Å². The molecule has 5 heteroatoms. The molecule has 2 aliphatic rings. The Morgan fingerprint density at radius 1 is 1.07 bits per heavy atom. The topological polar surface area (TPSA) is 53.0 Å². The van der Waals surface area contributed by atoms with E-state index in [0.717, 1.165) is 50.3 Å². The maximum absolute atomic E-state index is 12.8. The fraction of sp³-hybridized carbons (Fsp3) is 0.435. The van der Waals surface area contributed by atoms with E-state index in [1.165, 1.54) is 0 Å². The van der Waals surface area contributed by atoms with Gasteiger partial charge in [-0.25, -0.2) is 0 Å². The highest BCUT2D eigenvalue weighted by Crippen LogP contribution is 2.35. The molecule has 4 rings (SSSR count). The molecule has 2 unspecified atom stereocenters. The van der Waals surface area contributed by atoms with Crippen LogP contribution in [0.25, 0.3) is 0 Å².